The third kappa shape index (κ3) is 4.41. The van der Waals surface area contributed by atoms with Gasteiger partial charge in [0.05, 0.1) is 25.1 Å². The summed E-state index contributed by atoms with van der Waals surface area (Å²) in [4.78, 5) is 5.81. The van der Waals surface area contributed by atoms with E-state index in [1.165, 1.54) is 31.4 Å². The molecular weight excluding hydrogens is 398 g/mol. The summed E-state index contributed by atoms with van der Waals surface area (Å²) in [5.41, 5.74) is 2.32. The first-order valence-corrected chi connectivity index (χ1v) is 11.0. The highest BCUT2D eigenvalue weighted by Gasteiger charge is 2.15. The molecule has 7 heteroatoms. The number of rotatable bonds is 5. The molecule has 30 heavy (non-hydrogen) atoms. The van der Waals surface area contributed by atoms with E-state index in [0.29, 0.717) is 11.6 Å². The van der Waals surface area contributed by atoms with Gasteiger partial charge >= 0.3 is 0 Å². The summed E-state index contributed by atoms with van der Waals surface area (Å²) in [7, 11) is 1.65. The van der Waals surface area contributed by atoms with Crippen molar-refractivity contribution in [3.05, 3.63) is 58.2 Å². The molecule has 0 atom stereocenters. The Morgan fingerprint density at radius 1 is 1.10 bits per heavy atom. The van der Waals surface area contributed by atoms with Crippen LogP contribution in [0.25, 0.3) is 11.3 Å². The van der Waals surface area contributed by atoms with E-state index in [1.54, 1.807) is 30.7 Å². The summed E-state index contributed by atoms with van der Waals surface area (Å²) in [6, 6.07) is 12.6. The summed E-state index contributed by atoms with van der Waals surface area (Å²) in [5.74, 6) is 0.741. The summed E-state index contributed by atoms with van der Waals surface area (Å²) >= 11 is 1.55. The number of hydrogen-bond acceptors (Lipinski definition) is 6. The van der Waals surface area contributed by atoms with Gasteiger partial charge in [-0.15, -0.1) is 11.3 Å². The molecule has 0 bridgehead atoms. The molecular formula is C23H25N3O3S. The van der Waals surface area contributed by atoms with Gasteiger partial charge in [0.15, 0.2) is 0 Å². The zero-order valence-corrected chi connectivity index (χ0v) is 17.7. The van der Waals surface area contributed by atoms with E-state index in [4.69, 9.17) is 9.73 Å². The van der Waals surface area contributed by atoms with Gasteiger partial charge in [0.1, 0.15) is 17.2 Å². The Hall–Kier alpha value is -3.06. The van der Waals surface area contributed by atoms with E-state index in [-0.39, 0.29) is 11.5 Å². The minimum Gasteiger partial charge on any atom is -0.508 e. The molecule has 0 aliphatic heterocycles. The van der Waals surface area contributed by atoms with Crippen molar-refractivity contribution >= 4 is 17.6 Å². The van der Waals surface area contributed by atoms with E-state index < -0.39 is 0 Å². The van der Waals surface area contributed by atoms with Crippen LogP contribution in [0.3, 0.4) is 0 Å². The number of phenols is 2. The fraction of sp³-hybridized carbons (Fsp3) is 0.304. The lowest BCUT2D eigenvalue weighted by Gasteiger charge is -2.17. The quantitative estimate of drug-likeness (QED) is 0.581. The fourth-order valence-electron chi connectivity index (χ4n) is 3.67. The lowest BCUT2D eigenvalue weighted by molar-refractivity contribution is 0.416. The minimum atomic E-state index is -0.0285. The summed E-state index contributed by atoms with van der Waals surface area (Å²) in [6.45, 7) is 0. The van der Waals surface area contributed by atoms with Crippen molar-refractivity contribution in [2.75, 3.05) is 7.11 Å². The van der Waals surface area contributed by atoms with E-state index in [2.05, 4.69) is 5.10 Å². The molecule has 2 aromatic carbocycles. The smallest absolute Gasteiger partial charge is 0.206 e. The molecule has 4 rings (SSSR count). The van der Waals surface area contributed by atoms with Crippen molar-refractivity contribution in [2.45, 2.75) is 38.1 Å². The number of hydrogen-bond donors (Lipinski definition) is 2. The molecule has 1 aliphatic rings. The molecule has 6 nitrogen and oxygen atoms in total. The first-order chi connectivity index (χ1) is 14.7. The van der Waals surface area contributed by atoms with E-state index in [1.807, 2.05) is 34.3 Å². The van der Waals surface area contributed by atoms with E-state index in [9.17, 15) is 10.2 Å². The highest BCUT2D eigenvalue weighted by atomic mass is 32.1. The number of nitrogens with zero attached hydrogens (tertiary/aromatic N) is 3. The van der Waals surface area contributed by atoms with Crippen LogP contribution in [0.2, 0.25) is 0 Å². The summed E-state index contributed by atoms with van der Waals surface area (Å²) < 4.78 is 7.36. The van der Waals surface area contributed by atoms with Crippen LogP contribution in [0.15, 0.2) is 57.9 Å². The monoisotopic (exact) mass is 423 g/mol. The predicted molar refractivity (Wildman–Crippen MR) is 119 cm³/mol. The van der Waals surface area contributed by atoms with Gasteiger partial charge in [-0.2, -0.15) is 5.10 Å². The Kier molecular flexibility index (Phi) is 6.18. The average molecular weight is 424 g/mol. The summed E-state index contributed by atoms with van der Waals surface area (Å²) in [6.07, 6.45) is 7.49. The molecule has 0 radical (unpaired) electrons. The third-order valence-corrected chi connectivity index (χ3v) is 6.09. The van der Waals surface area contributed by atoms with Crippen LogP contribution in [-0.4, -0.2) is 34.3 Å². The van der Waals surface area contributed by atoms with Crippen molar-refractivity contribution in [3.63, 3.8) is 0 Å². The number of aromatic nitrogens is 1. The fourth-order valence-corrected chi connectivity index (χ4v) is 4.57. The van der Waals surface area contributed by atoms with Gasteiger partial charge < -0.3 is 14.9 Å². The van der Waals surface area contributed by atoms with Gasteiger partial charge in [-0.3, -0.25) is 4.99 Å². The maximum Gasteiger partial charge on any atom is 0.206 e. The molecule has 1 aliphatic carbocycles. The molecule has 156 valence electrons. The second kappa shape index (κ2) is 9.17. The highest BCUT2D eigenvalue weighted by molar-refractivity contribution is 7.07. The maximum absolute atomic E-state index is 10.1. The number of methoxy groups -OCH3 is 1. The van der Waals surface area contributed by atoms with Crippen LogP contribution in [0.4, 0.5) is 0 Å². The van der Waals surface area contributed by atoms with Gasteiger partial charge in [0.25, 0.3) is 0 Å². The number of benzene rings is 2. The molecule has 2 N–H and O–H groups in total. The van der Waals surface area contributed by atoms with E-state index in [0.717, 1.165) is 34.6 Å². The molecule has 0 spiro atoms. The summed E-state index contributed by atoms with van der Waals surface area (Å²) in [5, 5.41) is 26.3. The second-order valence-corrected chi connectivity index (χ2v) is 8.16. The first-order valence-electron chi connectivity index (χ1n) is 10.1. The second-order valence-electron chi connectivity index (χ2n) is 7.32. The van der Waals surface area contributed by atoms with Crippen molar-refractivity contribution in [3.8, 4) is 28.5 Å². The standard InChI is InChI=1S/C23H25N3O3S/c1-29-22-10-6-5-9-19(22)20-15-30-23(25-17-7-3-2-4-8-17)26(20)24-14-16-11-12-18(27)13-21(16)28/h5-6,9-15,17,27-28H,2-4,7-8H2,1H3. The van der Waals surface area contributed by atoms with Gasteiger partial charge in [-0.05, 0) is 37.1 Å². The Balaban J connectivity index is 1.81. The molecule has 0 amide bonds. The zero-order chi connectivity index (χ0) is 20.9. The van der Waals surface area contributed by atoms with Crippen LogP contribution in [-0.2, 0) is 0 Å². The molecule has 0 unspecified atom stereocenters. The number of phenolic OH excluding ortho intramolecular Hbond substituents is 2. The third-order valence-electron chi connectivity index (χ3n) is 5.26. The molecule has 3 aromatic rings. The highest BCUT2D eigenvalue weighted by Crippen LogP contribution is 2.30. The number of thiazole rings is 1. The van der Waals surface area contributed by atoms with Crippen molar-refractivity contribution < 1.29 is 14.9 Å². The molecule has 1 fully saturated rings. The lowest BCUT2D eigenvalue weighted by atomic mass is 9.96. The first kappa shape index (κ1) is 20.2. The van der Waals surface area contributed by atoms with Gasteiger partial charge in [0.2, 0.25) is 4.80 Å². The normalized spacial score (nSPS) is 15.7. The van der Waals surface area contributed by atoms with Crippen molar-refractivity contribution in [2.24, 2.45) is 10.1 Å². The zero-order valence-electron chi connectivity index (χ0n) is 16.9. The van der Waals surface area contributed by atoms with Crippen LogP contribution in [0.5, 0.6) is 17.2 Å². The molecule has 1 aromatic heterocycles. The molecule has 0 saturated heterocycles. The number of ether oxygens (including phenoxy) is 1. The largest absolute Gasteiger partial charge is 0.508 e. The average Bonchev–Trinajstić information content (AvgIpc) is 3.16. The predicted octanol–water partition coefficient (Wildman–Crippen LogP) is 4.75. The van der Waals surface area contributed by atoms with Gasteiger partial charge in [-0.25, -0.2) is 4.68 Å². The Morgan fingerprint density at radius 3 is 2.67 bits per heavy atom. The minimum absolute atomic E-state index is 0.00975. The van der Waals surface area contributed by atoms with Crippen LogP contribution >= 0.6 is 11.3 Å². The van der Waals surface area contributed by atoms with Gasteiger partial charge in [0, 0.05) is 22.6 Å². The topological polar surface area (TPSA) is 79.3 Å². The number of para-hydroxylation sites is 1. The van der Waals surface area contributed by atoms with Crippen LogP contribution in [0.1, 0.15) is 37.7 Å². The van der Waals surface area contributed by atoms with Gasteiger partial charge in [-0.1, -0.05) is 31.4 Å². The Bertz CT molecular complexity index is 1110. The Labute approximate surface area is 179 Å². The lowest BCUT2D eigenvalue weighted by Crippen LogP contribution is -2.19. The van der Waals surface area contributed by atoms with E-state index >= 15 is 0 Å². The molecule has 1 saturated carbocycles. The van der Waals surface area contributed by atoms with Crippen LogP contribution < -0.4 is 9.54 Å². The van der Waals surface area contributed by atoms with Crippen molar-refractivity contribution in [1.82, 2.24) is 4.68 Å². The SMILES string of the molecule is COc1ccccc1-c1csc(=NC2CCCCC2)n1N=Cc1ccc(O)cc1O. The maximum atomic E-state index is 10.1. The Morgan fingerprint density at radius 2 is 1.90 bits per heavy atom. The van der Waals surface area contributed by atoms with Crippen LogP contribution in [0, 0.1) is 0 Å². The molecule has 1 heterocycles. The number of aromatic hydroxyl groups is 2. The van der Waals surface area contributed by atoms with Crippen molar-refractivity contribution in [1.29, 1.82) is 0 Å².